The lowest BCUT2D eigenvalue weighted by atomic mass is 10.1. The van der Waals surface area contributed by atoms with Gasteiger partial charge >= 0.3 is 6.09 Å². The van der Waals surface area contributed by atoms with E-state index in [0.29, 0.717) is 19.4 Å². The molecule has 0 unspecified atom stereocenters. The van der Waals surface area contributed by atoms with E-state index in [0.717, 1.165) is 32.7 Å². The summed E-state index contributed by atoms with van der Waals surface area (Å²) in [6.45, 7) is 12.3. The van der Waals surface area contributed by atoms with Crippen LogP contribution in [0.3, 0.4) is 0 Å². The first-order valence-corrected chi connectivity index (χ1v) is 9.75. The highest BCUT2D eigenvalue weighted by Gasteiger charge is 2.21. The van der Waals surface area contributed by atoms with E-state index in [1.165, 1.54) is 11.1 Å². The molecule has 1 saturated heterocycles. The number of carbonyl (C=O) groups is 2. The molecule has 1 aromatic carbocycles. The molecule has 1 aliphatic rings. The van der Waals surface area contributed by atoms with Gasteiger partial charge in [0.05, 0.1) is 0 Å². The van der Waals surface area contributed by atoms with E-state index in [4.69, 9.17) is 4.74 Å². The molecule has 0 aromatic heterocycles. The summed E-state index contributed by atoms with van der Waals surface area (Å²) in [5, 5.41) is 2.70. The predicted molar refractivity (Wildman–Crippen MR) is 107 cm³/mol. The van der Waals surface area contributed by atoms with Gasteiger partial charge in [-0.3, -0.25) is 9.69 Å². The van der Waals surface area contributed by atoms with Crippen LogP contribution in [0.25, 0.3) is 0 Å². The standard InChI is InChI=1S/C21H33N3O3/c1-17-7-5-8-18(15-17)16-23-11-13-24(14-12-23)19(25)9-6-10-22-20(26)27-21(2,3)4/h5,7-8,15H,6,9-14,16H2,1-4H3,(H,22,26). The van der Waals surface area contributed by atoms with Crippen molar-refractivity contribution in [2.75, 3.05) is 32.7 Å². The maximum absolute atomic E-state index is 12.3. The van der Waals surface area contributed by atoms with Crippen LogP contribution in [0.1, 0.15) is 44.7 Å². The number of nitrogens with one attached hydrogen (secondary N) is 1. The summed E-state index contributed by atoms with van der Waals surface area (Å²) < 4.78 is 5.18. The molecule has 2 amide bonds. The van der Waals surface area contributed by atoms with E-state index in [2.05, 4.69) is 41.4 Å². The van der Waals surface area contributed by atoms with Gasteiger partial charge in [0, 0.05) is 45.7 Å². The van der Waals surface area contributed by atoms with Crippen molar-refractivity contribution in [2.24, 2.45) is 0 Å². The molecule has 0 spiro atoms. The molecule has 0 aliphatic carbocycles. The van der Waals surface area contributed by atoms with Crippen LogP contribution < -0.4 is 5.32 Å². The van der Waals surface area contributed by atoms with E-state index in [9.17, 15) is 9.59 Å². The Kier molecular flexibility index (Phi) is 7.66. The predicted octanol–water partition coefficient (Wildman–Crippen LogP) is 2.94. The molecule has 1 aliphatic heterocycles. The Balaban J connectivity index is 1.62. The third kappa shape index (κ3) is 7.99. The zero-order valence-corrected chi connectivity index (χ0v) is 17.1. The smallest absolute Gasteiger partial charge is 0.407 e. The van der Waals surface area contributed by atoms with Crippen LogP contribution in [0, 0.1) is 6.92 Å². The highest BCUT2D eigenvalue weighted by atomic mass is 16.6. The SMILES string of the molecule is Cc1cccc(CN2CCN(C(=O)CCCNC(=O)OC(C)(C)C)CC2)c1. The fourth-order valence-corrected chi connectivity index (χ4v) is 3.13. The van der Waals surface area contributed by atoms with Crippen LogP contribution in [0.15, 0.2) is 24.3 Å². The first kappa shape index (κ1) is 21.2. The Labute approximate surface area is 162 Å². The van der Waals surface area contributed by atoms with Crippen LogP contribution in [0.2, 0.25) is 0 Å². The van der Waals surface area contributed by atoms with Crippen LogP contribution >= 0.6 is 0 Å². The molecule has 1 fully saturated rings. The second kappa shape index (κ2) is 9.74. The average molecular weight is 376 g/mol. The van der Waals surface area contributed by atoms with E-state index in [1.54, 1.807) is 0 Å². The van der Waals surface area contributed by atoms with Crippen molar-refractivity contribution in [3.63, 3.8) is 0 Å². The Morgan fingerprint density at radius 3 is 2.48 bits per heavy atom. The number of hydrogen-bond acceptors (Lipinski definition) is 4. The van der Waals surface area contributed by atoms with Gasteiger partial charge in [-0.2, -0.15) is 0 Å². The quantitative estimate of drug-likeness (QED) is 0.777. The lowest BCUT2D eigenvalue weighted by Crippen LogP contribution is -2.48. The van der Waals surface area contributed by atoms with Gasteiger partial charge in [-0.1, -0.05) is 29.8 Å². The van der Waals surface area contributed by atoms with Gasteiger partial charge in [0.2, 0.25) is 5.91 Å². The molecule has 6 nitrogen and oxygen atoms in total. The lowest BCUT2D eigenvalue weighted by Gasteiger charge is -2.35. The number of benzene rings is 1. The highest BCUT2D eigenvalue weighted by molar-refractivity contribution is 5.76. The van der Waals surface area contributed by atoms with E-state index < -0.39 is 11.7 Å². The topological polar surface area (TPSA) is 61.9 Å². The number of alkyl carbamates (subject to hydrolysis) is 1. The van der Waals surface area contributed by atoms with Gasteiger partial charge in [-0.15, -0.1) is 0 Å². The first-order chi connectivity index (χ1) is 12.7. The second-order valence-corrected chi connectivity index (χ2v) is 8.18. The fraction of sp³-hybridized carbons (Fsp3) is 0.619. The van der Waals surface area contributed by atoms with Crippen LogP contribution in [-0.4, -0.2) is 60.1 Å². The Hall–Kier alpha value is -2.08. The maximum Gasteiger partial charge on any atom is 0.407 e. The molecular formula is C21H33N3O3. The van der Waals surface area contributed by atoms with E-state index >= 15 is 0 Å². The summed E-state index contributed by atoms with van der Waals surface area (Å²) in [5.74, 6) is 0.163. The van der Waals surface area contributed by atoms with Crippen molar-refractivity contribution in [1.29, 1.82) is 0 Å². The molecule has 0 saturated carbocycles. The molecule has 2 rings (SSSR count). The van der Waals surface area contributed by atoms with Crippen molar-refractivity contribution >= 4 is 12.0 Å². The van der Waals surface area contributed by atoms with Gasteiger partial charge in [0.15, 0.2) is 0 Å². The van der Waals surface area contributed by atoms with Gasteiger partial charge < -0.3 is 15.0 Å². The highest BCUT2D eigenvalue weighted by Crippen LogP contribution is 2.11. The summed E-state index contributed by atoms with van der Waals surface area (Å²) in [7, 11) is 0. The normalized spacial score (nSPS) is 15.5. The third-order valence-corrected chi connectivity index (χ3v) is 4.45. The van der Waals surface area contributed by atoms with Crippen molar-refractivity contribution < 1.29 is 14.3 Å². The molecule has 27 heavy (non-hydrogen) atoms. The zero-order valence-electron chi connectivity index (χ0n) is 17.1. The number of ether oxygens (including phenoxy) is 1. The molecule has 1 N–H and O–H groups in total. The number of piperazine rings is 1. The van der Waals surface area contributed by atoms with E-state index in [-0.39, 0.29) is 5.91 Å². The summed E-state index contributed by atoms with van der Waals surface area (Å²) >= 11 is 0. The largest absolute Gasteiger partial charge is 0.444 e. The van der Waals surface area contributed by atoms with Crippen molar-refractivity contribution in [3.8, 4) is 0 Å². The van der Waals surface area contributed by atoms with Gasteiger partial charge in [0.25, 0.3) is 0 Å². The van der Waals surface area contributed by atoms with Crippen LogP contribution in [0.4, 0.5) is 4.79 Å². The molecule has 1 heterocycles. The van der Waals surface area contributed by atoms with Crippen molar-refractivity contribution in [1.82, 2.24) is 15.1 Å². The summed E-state index contributed by atoms with van der Waals surface area (Å²) in [6, 6.07) is 8.57. The minimum Gasteiger partial charge on any atom is -0.444 e. The number of carbonyl (C=O) groups excluding carboxylic acids is 2. The Morgan fingerprint density at radius 1 is 1.15 bits per heavy atom. The Morgan fingerprint density at radius 2 is 1.85 bits per heavy atom. The van der Waals surface area contributed by atoms with E-state index in [1.807, 2.05) is 25.7 Å². The maximum atomic E-state index is 12.3. The number of hydrogen-bond donors (Lipinski definition) is 1. The van der Waals surface area contributed by atoms with Gasteiger partial charge in [-0.25, -0.2) is 4.79 Å². The number of amides is 2. The number of nitrogens with zero attached hydrogens (tertiary/aromatic N) is 2. The number of aryl methyl sites for hydroxylation is 1. The molecular weight excluding hydrogens is 342 g/mol. The molecule has 6 heteroatoms. The van der Waals surface area contributed by atoms with Gasteiger partial charge in [-0.05, 0) is 39.7 Å². The summed E-state index contributed by atoms with van der Waals surface area (Å²) in [4.78, 5) is 28.2. The molecule has 1 aromatic rings. The van der Waals surface area contributed by atoms with Gasteiger partial charge in [0.1, 0.15) is 5.60 Å². The fourth-order valence-electron chi connectivity index (χ4n) is 3.13. The zero-order chi connectivity index (χ0) is 19.9. The third-order valence-electron chi connectivity index (χ3n) is 4.45. The molecule has 0 atom stereocenters. The summed E-state index contributed by atoms with van der Waals surface area (Å²) in [5.41, 5.74) is 2.10. The van der Waals surface area contributed by atoms with Crippen molar-refractivity contribution in [3.05, 3.63) is 35.4 Å². The monoisotopic (exact) mass is 375 g/mol. The first-order valence-electron chi connectivity index (χ1n) is 9.75. The minimum absolute atomic E-state index is 0.163. The number of rotatable bonds is 6. The molecule has 0 radical (unpaired) electrons. The average Bonchev–Trinajstić information content (AvgIpc) is 2.58. The van der Waals surface area contributed by atoms with Crippen molar-refractivity contribution in [2.45, 2.75) is 52.7 Å². The molecule has 150 valence electrons. The van der Waals surface area contributed by atoms with Crippen LogP contribution in [-0.2, 0) is 16.1 Å². The molecule has 0 bridgehead atoms. The van der Waals surface area contributed by atoms with Crippen LogP contribution in [0.5, 0.6) is 0 Å². The Bertz CT molecular complexity index is 632. The lowest BCUT2D eigenvalue weighted by molar-refractivity contribution is -0.133. The summed E-state index contributed by atoms with van der Waals surface area (Å²) in [6.07, 6.45) is 0.648. The second-order valence-electron chi connectivity index (χ2n) is 8.18. The minimum atomic E-state index is -0.502.